The van der Waals surface area contributed by atoms with Gasteiger partial charge in [-0.15, -0.1) is 0 Å². The van der Waals surface area contributed by atoms with Gasteiger partial charge < -0.3 is 36.2 Å². The van der Waals surface area contributed by atoms with Gasteiger partial charge in [0.05, 0.1) is 18.6 Å². The maximum atomic E-state index is 15.2. The van der Waals surface area contributed by atoms with Crippen LogP contribution >= 0.6 is 0 Å². The zero-order chi connectivity index (χ0) is 45.1. The fourth-order valence-electron chi connectivity index (χ4n) is 9.79. The molecule has 2 unspecified atom stereocenters. The molecule has 3 aliphatic heterocycles. The van der Waals surface area contributed by atoms with Crippen LogP contribution in [0.3, 0.4) is 0 Å². The van der Waals surface area contributed by atoms with Gasteiger partial charge in [-0.05, 0) is 59.0 Å². The summed E-state index contributed by atoms with van der Waals surface area (Å²) in [4.78, 5) is 113. The van der Waals surface area contributed by atoms with Gasteiger partial charge in [0, 0.05) is 38.9 Å². The lowest BCUT2D eigenvalue weighted by molar-refractivity contribution is -0.153. The van der Waals surface area contributed by atoms with Gasteiger partial charge in [-0.1, -0.05) is 104 Å². The number of ketones is 1. The molecule has 6 rings (SSSR count). The second-order valence-corrected chi connectivity index (χ2v) is 20.6. The number of imide groups is 1. The Bertz CT molecular complexity index is 1900. The molecule has 2 saturated carbocycles. The van der Waals surface area contributed by atoms with Crippen LogP contribution < -0.4 is 21.7 Å². The van der Waals surface area contributed by atoms with E-state index in [9.17, 15) is 33.6 Å². The molecule has 5 aliphatic rings. The number of hydrogen-bond acceptors (Lipinski definition) is 9. The van der Waals surface area contributed by atoms with Crippen molar-refractivity contribution in [2.24, 2.45) is 27.9 Å². The van der Waals surface area contributed by atoms with Crippen LogP contribution in [0.4, 0.5) is 9.59 Å². The number of fused-ring (bicyclic) bond motifs is 1. The topological polar surface area (TPSA) is 218 Å². The van der Waals surface area contributed by atoms with Crippen LogP contribution in [-0.2, 0) is 46.5 Å². The van der Waals surface area contributed by atoms with Crippen molar-refractivity contribution in [3.05, 3.63) is 35.4 Å². The first-order chi connectivity index (χ1) is 29.1. The molecule has 340 valence electrons. The molecule has 0 spiro atoms. The summed E-state index contributed by atoms with van der Waals surface area (Å²) in [5.74, 6) is -3.83. The molecule has 4 fully saturated rings. The standard InChI is InChI=1S/C46H67N7O9/c1-44(2,3)34(27-53-35(54)23-45(4,5)24-36(53)55)49-42(60)50-38(46(6)18-10-7-11-19-46)41(59)52-26-31(62-43(61)51-20-17-29-15-8-9-16-30(29)25-51)22-33(52)40(58)48-32(37(56)39(47)57)21-28-13-12-14-28/h8-9,15-16,28,31-34,38H,7,10-14,17-27H2,1-6H3,(H2,47,57)(H,48,58)(H2,49,50,60)/t31?,32?,33-,34+,38+/m0/s1. The lowest BCUT2D eigenvalue weighted by Crippen LogP contribution is -2.63. The van der Waals surface area contributed by atoms with Crippen molar-refractivity contribution in [3.8, 4) is 0 Å². The number of rotatable bonds is 13. The number of nitrogens with two attached hydrogens (primary N) is 1. The average Bonchev–Trinajstić information content (AvgIpc) is 3.61. The summed E-state index contributed by atoms with van der Waals surface area (Å²) in [6.07, 6.45) is 6.15. The van der Waals surface area contributed by atoms with Gasteiger partial charge in [0.2, 0.25) is 29.4 Å². The number of carbonyl (C=O) groups excluding carboxylic acids is 8. The van der Waals surface area contributed by atoms with Crippen LogP contribution in [0.2, 0.25) is 0 Å². The summed E-state index contributed by atoms with van der Waals surface area (Å²) >= 11 is 0. The minimum atomic E-state index is -1.21. The van der Waals surface area contributed by atoms with E-state index in [0.29, 0.717) is 32.4 Å². The van der Waals surface area contributed by atoms with Gasteiger partial charge in [-0.25, -0.2) is 9.59 Å². The molecular weight excluding hydrogens is 795 g/mol. The highest BCUT2D eigenvalue weighted by Gasteiger charge is 2.50. The monoisotopic (exact) mass is 862 g/mol. The van der Waals surface area contributed by atoms with E-state index in [4.69, 9.17) is 10.5 Å². The number of ether oxygens (including phenoxy) is 1. The predicted molar refractivity (Wildman–Crippen MR) is 229 cm³/mol. The Labute approximate surface area is 365 Å². The number of amides is 8. The highest BCUT2D eigenvalue weighted by Crippen LogP contribution is 2.41. The van der Waals surface area contributed by atoms with E-state index >= 15 is 4.79 Å². The fraction of sp³-hybridized carbons (Fsp3) is 0.696. The number of primary amides is 1. The molecule has 5 atom stereocenters. The normalized spacial score (nSPS) is 23.9. The van der Waals surface area contributed by atoms with E-state index in [1.807, 2.05) is 65.8 Å². The summed E-state index contributed by atoms with van der Waals surface area (Å²) in [6, 6.07) is 2.97. The molecule has 5 N–H and O–H groups in total. The maximum absolute atomic E-state index is 15.2. The Morgan fingerprint density at radius 3 is 2.13 bits per heavy atom. The highest BCUT2D eigenvalue weighted by molar-refractivity contribution is 6.37. The molecule has 0 bridgehead atoms. The number of likely N-dealkylation sites (tertiary alicyclic amines) is 2. The maximum Gasteiger partial charge on any atom is 0.410 e. The predicted octanol–water partition coefficient (Wildman–Crippen LogP) is 4.11. The number of nitrogens with zero attached hydrogens (tertiary/aromatic N) is 3. The molecule has 16 heteroatoms. The van der Waals surface area contributed by atoms with E-state index in [1.165, 1.54) is 9.80 Å². The van der Waals surface area contributed by atoms with Gasteiger partial charge in [-0.2, -0.15) is 0 Å². The van der Waals surface area contributed by atoms with Crippen molar-refractivity contribution >= 4 is 47.4 Å². The van der Waals surface area contributed by atoms with Crippen molar-refractivity contribution in [3.63, 3.8) is 0 Å². The molecule has 8 amide bonds. The molecule has 62 heavy (non-hydrogen) atoms. The first-order valence-electron chi connectivity index (χ1n) is 22.5. The first kappa shape index (κ1) is 46.5. The van der Waals surface area contributed by atoms with E-state index in [2.05, 4.69) is 16.0 Å². The minimum absolute atomic E-state index is 0.0450. The van der Waals surface area contributed by atoms with Gasteiger partial charge in [-0.3, -0.25) is 33.7 Å². The summed E-state index contributed by atoms with van der Waals surface area (Å²) in [5.41, 5.74) is 5.77. The van der Waals surface area contributed by atoms with Crippen LogP contribution in [0.1, 0.15) is 130 Å². The van der Waals surface area contributed by atoms with Gasteiger partial charge in [0.15, 0.2) is 0 Å². The van der Waals surface area contributed by atoms with E-state index < -0.39 is 82.1 Å². The largest absolute Gasteiger partial charge is 0.444 e. The minimum Gasteiger partial charge on any atom is -0.444 e. The molecule has 1 aromatic carbocycles. The summed E-state index contributed by atoms with van der Waals surface area (Å²) in [6.45, 7) is 12.0. The van der Waals surface area contributed by atoms with Crippen molar-refractivity contribution in [2.75, 3.05) is 19.6 Å². The Morgan fingerprint density at radius 1 is 0.887 bits per heavy atom. The van der Waals surface area contributed by atoms with Gasteiger partial charge in [0.25, 0.3) is 5.91 Å². The molecule has 2 saturated heterocycles. The smallest absolute Gasteiger partial charge is 0.410 e. The lowest BCUT2D eigenvalue weighted by Gasteiger charge is -2.43. The third-order valence-corrected chi connectivity index (χ3v) is 14.0. The summed E-state index contributed by atoms with van der Waals surface area (Å²) < 4.78 is 6.04. The second kappa shape index (κ2) is 18.8. The first-order valence-corrected chi connectivity index (χ1v) is 22.5. The number of nitrogens with one attached hydrogen (secondary N) is 3. The Balaban J connectivity index is 1.25. The quantitative estimate of drug-likeness (QED) is 0.166. The number of carbonyl (C=O) groups is 8. The highest BCUT2D eigenvalue weighted by atomic mass is 16.6. The number of hydrogen-bond donors (Lipinski definition) is 4. The van der Waals surface area contributed by atoms with Crippen LogP contribution in [-0.4, -0.2) is 112 Å². The molecule has 0 radical (unpaired) electrons. The van der Waals surface area contributed by atoms with Crippen LogP contribution in [0, 0.1) is 22.2 Å². The van der Waals surface area contributed by atoms with Gasteiger partial charge in [0.1, 0.15) is 18.2 Å². The number of urea groups is 1. The van der Waals surface area contributed by atoms with E-state index in [1.54, 1.807) is 4.90 Å². The molecular formula is C46H67N7O9. The van der Waals surface area contributed by atoms with Crippen molar-refractivity contribution < 1.29 is 43.1 Å². The zero-order valence-corrected chi connectivity index (χ0v) is 37.4. The average molecular weight is 862 g/mol. The molecule has 2 aliphatic carbocycles. The second-order valence-electron chi connectivity index (χ2n) is 20.6. The Morgan fingerprint density at radius 2 is 1.53 bits per heavy atom. The fourth-order valence-corrected chi connectivity index (χ4v) is 9.79. The van der Waals surface area contributed by atoms with Gasteiger partial charge >= 0.3 is 12.1 Å². The van der Waals surface area contributed by atoms with Crippen molar-refractivity contribution in [2.45, 2.75) is 162 Å². The Hall–Kier alpha value is -5.02. The SMILES string of the molecule is CC1(C)CC(=O)N(C[C@@H](NC(=O)N[C@H](C(=O)N2CC(OC(=O)N3CCc4ccccc4C3)C[C@H]2C(=O)NC(CC2CCC2)C(=O)C(N)=O)C2(C)CCCCC2)C(C)(C)C)C(=O)C1. The number of Topliss-reactive ketones (excluding diaryl/α,β-unsaturated/α-hetero) is 1. The number of benzene rings is 1. The van der Waals surface area contributed by atoms with Crippen LogP contribution in [0.5, 0.6) is 0 Å². The lowest BCUT2D eigenvalue weighted by atomic mass is 9.70. The number of piperidine rings is 1. The third-order valence-electron chi connectivity index (χ3n) is 14.0. The van der Waals surface area contributed by atoms with Crippen molar-refractivity contribution in [1.82, 2.24) is 30.7 Å². The van der Waals surface area contributed by atoms with Crippen LogP contribution in [0.25, 0.3) is 0 Å². The Kier molecular flexibility index (Phi) is 14.1. The van der Waals surface area contributed by atoms with E-state index in [-0.39, 0.29) is 56.5 Å². The summed E-state index contributed by atoms with van der Waals surface area (Å²) in [5, 5.41) is 8.71. The van der Waals surface area contributed by atoms with Crippen molar-refractivity contribution in [1.29, 1.82) is 0 Å². The third kappa shape index (κ3) is 10.9. The van der Waals surface area contributed by atoms with E-state index in [0.717, 1.165) is 49.7 Å². The molecule has 16 nitrogen and oxygen atoms in total. The molecule has 3 heterocycles. The zero-order valence-electron chi connectivity index (χ0n) is 37.4. The summed E-state index contributed by atoms with van der Waals surface area (Å²) in [7, 11) is 0. The molecule has 0 aromatic heterocycles. The van der Waals surface area contributed by atoms with Crippen LogP contribution in [0.15, 0.2) is 24.3 Å². The molecule has 1 aromatic rings.